The van der Waals surface area contributed by atoms with Gasteiger partial charge < -0.3 is 9.67 Å². The second-order valence-electron chi connectivity index (χ2n) is 3.86. The van der Waals surface area contributed by atoms with Crippen LogP contribution < -0.4 is 0 Å². The lowest BCUT2D eigenvalue weighted by molar-refractivity contribution is 0.0699. The predicted molar refractivity (Wildman–Crippen MR) is 71.8 cm³/mol. The third kappa shape index (κ3) is 2.05. The molecule has 0 atom stereocenters. The van der Waals surface area contributed by atoms with Crippen LogP contribution >= 0.6 is 11.8 Å². The lowest BCUT2D eigenvalue weighted by Gasteiger charge is -2.06. The topological polar surface area (TPSA) is 42.2 Å². The largest absolute Gasteiger partial charge is 0.478 e. The van der Waals surface area contributed by atoms with Gasteiger partial charge in [-0.1, -0.05) is 6.07 Å². The van der Waals surface area contributed by atoms with Gasteiger partial charge in [0.05, 0.1) is 5.56 Å². The number of fused-ring (bicyclic) bond motifs is 1. The van der Waals surface area contributed by atoms with Crippen molar-refractivity contribution in [1.29, 1.82) is 0 Å². The average Bonchev–Trinajstić information content (AvgIpc) is 2.66. The molecule has 0 aliphatic heterocycles. The molecule has 1 N–H and O–H groups in total. The minimum Gasteiger partial charge on any atom is -0.478 e. The van der Waals surface area contributed by atoms with Crippen molar-refractivity contribution in [2.24, 2.45) is 0 Å². The van der Waals surface area contributed by atoms with Crippen molar-refractivity contribution in [1.82, 2.24) is 4.57 Å². The summed E-state index contributed by atoms with van der Waals surface area (Å²) in [4.78, 5) is 11.2. The summed E-state index contributed by atoms with van der Waals surface area (Å²) in [6.07, 6.45) is 2.05. The Morgan fingerprint density at radius 2 is 2.24 bits per heavy atom. The van der Waals surface area contributed by atoms with Crippen LogP contribution in [0.4, 0.5) is 0 Å². The smallest absolute Gasteiger partial charge is 0.336 e. The fraction of sp³-hybridized carbons (Fsp3) is 0.308. The maximum Gasteiger partial charge on any atom is 0.336 e. The summed E-state index contributed by atoms with van der Waals surface area (Å²) in [6.45, 7) is 2.94. The van der Waals surface area contributed by atoms with Gasteiger partial charge in [0.1, 0.15) is 0 Å². The Morgan fingerprint density at radius 3 is 2.82 bits per heavy atom. The zero-order chi connectivity index (χ0) is 12.4. The first-order valence-electron chi connectivity index (χ1n) is 5.52. The number of aryl methyl sites for hydroxylation is 1. The Morgan fingerprint density at radius 1 is 1.47 bits per heavy atom. The van der Waals surface area contributed by atoms with E-state index in [1.165, 1.54) is 5.69 Å². The molecule has 4 heteroatoms. The number of aromatic nitrogens is 1. The van der Waals surface area contributed by atoms with E-state index in [0.29, 0.717) is 5.56 Å². The van der Waals surface area contributed by atoms with E-state index in [2.05, 4.69) is 17.7 Å². The normalized spacial score (nSPS) is 10.9. The van der Waals surface area contributed by atoms with Crippen LogP contribution in [0.25, 0.3) is 10.9 Å². The van der Waals surface area contributed by atoms with Gasteiger partial charge in [-0.05, 0) is 31.4 Å². The minimum absolute atomic E-state index is 0.386. The van der Waals surface area contributed by atoms with Gasteiger partial charge in [0.2, 0.25) is 0 Å². The van der Waals surface area contributed by atoms with Crippen LogP contribution in [-0.4, -0.2) is 21.9 Å². The molecule has 0 aliphatic carbocycles. The van der Waals surface area contributed by atoms with Gasteiger partial charge in [-0.2, -0.15) is 11.8 Å². The number of rotatable bonds is 4. The van der Waals surface area contributed by atoms with Gasteiger partial charge in [-0.25, -0.2) is 4.79 Å². The van der Waals surface area contributed by atoms with Crippen LogP contribution in [0.3, 0.4) is 0 Å². The summed E-state index contributed by atoms with van der Waals surface area (Å²) in [7, 11) is 0. The van der Waals surface area contributed by atoms with Gasteiger partial charge in [-0.15, -0.1) is 0 Å². The summed E-state index contributed by atoms with van der Waals surface area (Å²) in [5.41, 5.74) is 2.58. The van der Waals surface area contributed by atoms with Gasteiger partial charge >= 0.3 is 5.97 Å². The Bertz CT molecular complexity index is 560. The van der Waals surface area contributed by atoms with E-state index in [0.717, 1.165) is 23.2 Å². The summed E-state index contributed by atoms with van der Waals surface area (Å²) >= 11 is 1.75. The van der Waals surface area contributed by atoms with Crippen molar-refractivity contribution >= 4 is 28.6 Å². The molecule has 1 aromatic heterocycles. The molecule has 0 bridgehead atoms. The molecule has 0 radical (unpaired) electrons. The maximum atomic E-state index is 11.2. The quantitative estimate of drug-likeness (QED) is 0.904. The number of hydrogen-bond donors (Lipinski definition) is 1. The number of carbonyl (C=O) groups is 1. The van der Waals surface area contributed by atoms with Crippen molar-refractivity contribution < 1.29 is 9.90 Å². The number of hydrogen-bond acceptors (Lipinski definition) is 2. The lowest BCUT2D eigenvalue weighted by atomic mass is 10.1. The van der Waals surface area contributed by atoms with Gasteiger partial charge in [0.25, 0.3) is 0 Å². The van der Waals surface area contributed by atoms with Crippen LogP contribution in [0.15, 0.2) is 24.3 Å². The van der Waals surface area contributed by atoms with Gasteiger partial charge in [0, 0.05) is 28.9 Å². The predicted octanol–water partition coefficient (Wildman–Crippen LogP) is 3.22. The summed E-state index contributed by atoms with van der Waals surface area (Å²) < 4.78 is 2.18. The van der Waals surface area contributed by atoms with E-state index < -0.39 is 5.97 Å². The zero-order valence-corrected chi connectivity index (χ0v) is 10.8. The third-order valence-electron chi connectivity index (χ3n) is 2.87. The van der Waals surface area contributed by atoms with E-state index in [1.807, 2.05) is 12.1 Å². The molecule has 1 heterocycles. The fourth-order valence-corrected chi connectivity index (χ4v) is 2.70. The highest BCUT2D eigenvalue weighted by atomic mass is 32.2. The SMILES string of the molecule is CCn1c(CSC)cc2c(C(=O)O)cccc21. The van der Waals surface area contributed by atoms with Crippen LogP contribution in [0.5, 0.6) is 0 Å². The molecule has 0 saturated heterocycles. The first-order valence-corrected chi connectivity index (χ1v) is 6.91. The summed E-state index contributed by atoms with van der Waals surface area (Å²) in [6, 6.07) is 7.45. The van der Waals surface area contributed by atoms with Crippen molar-refractivity contribution in [2.75, 3.05) is 6.26 Å². The second-order valence-corrected chi connectivity index (χ2v) is 4.72. The first kappa shape index (κ1) is 12.0. The molecule has 17 heavy (non-hydrogen) atoms. The van der Waals surface area contributed by atoms with Gasteiger partial charge in [0.15, 0.2) is 0 Å². The van der Waals surface area contributed by atoms with Gasteiger partial charge in [-0.3, -0.25) is 0 Å². The molecule has 1 aromatic carbocycles. The van der Waals surface area contributed by atoms with Crippen LogP contribution in [0.2, 0.25) is 0 Å². The Labute approximate surface area is 104 Å². The molecule has 3 nitrogen and oxygen atoms in total. The van der Waals surface area contributed by atoms with E-state index in [4.69, 9.17) is 0 Å². The third-order valence-corrected chi connectivity index (χ3v) is 3.45. The van der Waals surface area contributed by atoms with E-state index >= 15 is 0 Å². The van der Waals surface area contributed by atoms with Crippen molar-refractivity contribution in [3.05, 3.63) is 35.5 Å². The molecule has 2 aromatic rings. The first-order chi connectivity index (χ1) is 8.19. The number of nitrogens with zero attached hydrogens (tertiary/aromatic N) is 1. The number of carboxylic acid groups (broad SMARTS) is 1. The summed E-state index contributed by atoms with van der Waals surface area (Å²) in [5.74, 6) is 0.0428. The monoisotopic (exact) mass is 249 g/mol. The molecular weight excluding hydrogens is 234 g/mol. The second kappa shape index (κ2) is 4.84. The molecule has 0 aliphatic rings. The zero-order valence-electron chi connectivity index (χ0n) is 9.93. The number of carboxylic acids is 1. The van der Waals surface area contributed by atoms with Crippen molar-refractivity contribution in [3.8, 4) is 0 Å². The average molecular weight is 249 g/mol. The molecule has 0 saturated carbocycles. The van der Waals surface area contributed by atoms with E-state index in [-0.39, 0.29) is 0 Å². The molecule has 0 amide bonds. The molecule has 0 unspecified atom stereocenters. The molecular formula is C13H15NO2S. The number of aromatic carboxylic acids is 1. The highest BCUT2D eigenvalue weighted by Gasteiger charge is 2.13. The molecule has 0 fully saturated rings. The Kier molecular flexibility index (Phi) is 3.43. The van der Waals surface area contributed by atoms with Crippen molar-refractivity contribution in [2.45, 2.75) is 19.2 Å². The molecule has 2 rings (SSSR count). The van der Waals surface area contributed by atoms with Crippen LogP contribution in [0.1, 0.15) is 23.0 Å². The number of benzene rings is 1. The van der Waals surface area contributed by atoms with E-state index in [9.17, 15) is 9.90 Å². The Balaban J connectivity index is 2.71. The Hall–Kier alpha value is -1.42. The highest BCUT2D eigenvalue weighted by molar-refractivity contribution is 7.97. The molecule has 90 valence electrons. The maximum absolute atomic E-state index is 11.2. The highest BCUT2D eigenvalue weighted by Crippen LogP contribution is 2.25. The van der Waals surface area contributed by atoms with Crippen molar-refractivity contribution in [3.63, 3.8) is 0 Å². The standard InChI is InChI=1S/C13H15NO2S/c1-3-14-9(8-17-2)7-11-10(13(15)16)5-4-6-12(11)14/h4-7H,3,8H2,1-2H3,(H,15,16). The summed E-state index contributed by atoms with van der Waals surface area (Å²) in [5, 5.41) is 10.0. The molecule has 0 spiro atoms. The van der Waals surface area contributed by atoms with Crippen LogP contribution in [0, 0.1) is 0 Å². The van der Waals surface area contributed by atoms with Crippen LogP contribution in [-0.2, 0) is 12.3 Å². The van der Waals surface area contributed by atoms with E-state index in [1.54, 1.807) is 23.9 Å². The fourth-order valence-electron chi connectivity index (χ4n) is 2.17. The lowest BCUT2D eigenvalue weighted by Crippen LogP contribution is -1.99. The minimum atomic E-state index is -0.862. The number of thioether (sulfide) groups is 1.